The van der Waals surface area contributed by atoms with E-state index >= 15 is 0 Å². The fourth-order valence-electron chi connectivity index (χ4n) is 3.11. The van der Waals surface area contributed by atoms with E-state index in [1.54, 1.807) is 29.5 Å². The molecule has 0 saturated carbocycles. The summed E-state index contributed by atoms with van der Waals surface area (Å²) >= 11 is 3.06. The van der Waals surface area contributed by atoms with Crippen LogP contribution in [0.5, 0.6) is 11.5 Å². The van der Waals surface area contributed by atoms with Crippen molar-refractivity contribution in [1.82, 2.24) is 9.55 Å². The quantitative estimate of drug-likeness (QED) is 0.428. The summed E-state index contributed by atoms with van der Waals surface area (Å²) in [4.78, 5) is 33.3. The number of aromatic nitrogens is 2. The number of methoxy groups -OCH3 is 2. The molecule has 0 radical (unpaired) electrons. The van der Waals surface area contributed by atoms with Gasteiger partial charge in [0.05, 0.1) is 38.0 Å². The van der Waals surface area contributed by atoms with Crippen molar-refractivity contribution in [3.05, 3.63) is 62.8 Å². The lowest BCUT2D eigenvalue weighted by Gasteiger charge is -2.10. The lowest BCUT2D eigenvalue weighted by molar-refractivity contribution is 0.0967. The third kappa shape index (κ3) is 3.56. The monoisotopic (exact) mass is 426 g/mol. The first kappa shape index (κ1) is 19.4. The van der Waals surface area contributed by atoms with Crippen LogP contribution in [0.4, 0.5) is 0 Å². The standard InChI is InChI=1S/C21H18N2O4S2/c1-12-4-7-18(29-12)15-10-28-20-19(15)21(25)23(11-22-20)9-16(24)14-8-13(26-2)5-6-17(14)27-3/h4-8,10-11H,9H2,1-3H3. The van der Waals surface area contributed by atoms with Gasteiger partial charge in [0.2, 0.25) is 0 Å². The van der Waals surface area contributed by atoms with E-state index in [0.717, 1.165) is 10.4 Å². The largest absolute Gasteiger partial charge is 0.497 e. The maximum Gasteiger partial charge on any atom is 0.263 e. The van der Waals surface area contributed by atoms with E-state index in [4.69, 9.17) is 9.47 Å². The molecule has 29 heavy (non-hydrogen) atoms. The van der Waals surface area contributed by atoms with Gasteiger partial charge in [0.1, 0.15) is 16.3 Å². The fourth-order valence-corrected chi connectivity index (χ4v) is 4.97. The van der Waals surface area contributed by atoms with Gasteiger partial charge < -0.3 is 9.47 Å². The van der Waals surface area contributed by atoms with Crippen LogP contribution in [0.25, 0.3) is 20.7 Å². The molecule has 0 bridgehead atoms. The molecule has 0 saturated heterocycles. The van der Waals surface area contributed by atoms with Gasteiger partial charge in [0.25, 0.3) is 5.56 Å². The smallest absolute Gasteiger partial charge is 0.263 e. The minimum atomic E-state index is -0.257. The number of ether oxygens (including phenoxy) is 2. The van der Waals surface area contributed by atoms with Crippen molar-refractivity contribution >= 4 is 38.7 Å². The number of carbonyl (C=O) groups excluding carboxylic acids is 1. The number of Topliss-reactive ketones (excluding diaryl/α,β-unsaturated/α-hetero) is 1. The lowest BCUT2D eigenvalue weighted by atomic mass is 10.1. The van der Waals surface area contributed by atoms with Crippen molar-refractivity contribution in [2.24, 2.45) is 0 Å². The molecule has 0 N–H and O–H groups in total. The number of benzene rings is 1. The zero-order chi connectivity index (χ0) is 20.5. The normalized spacial score (nSPS) is 11.0. The summed E-state index contributed by atoms with van der Waals surface area (Å²) in [5, 5.41) is 2.49. The minimum Gasteiger partial charge on any atom is -0.497 e. The van der Waals surface area contributed by atoms with E-state index in [2.05, 4.69) is 4.98 Å². The summed E-state index contributed by atoms with van der Waals surface area (Å²) in [5.74, 6) is 0.721. The maximum absolute atomic E-state index is 13.2. The summed E-state index contributed by atoms with van der Waals surface area (Å²) in [6.07, 6.45) is 1.43. The van der Waals surface area contributed by atoms with Gasteiger partial charge in [-0.1, -0.05) is 0 Å². The summed E-state index contributed by atoms with van der Waals surface area (Å²) < 4.78 is 11.8. The highest BCUT2D eigenvalue weighted by Gasteiger charge is 2.18. The molecular weight excluding hydrogens is 408 g/mol. The Hall–Kier alpha value is -2.97. The van der Waals surface area contributed by atoms with Crippen LogP contribution in [0, 0.1) is 6.92 Å². The third-order valence-electron chi connectivity index (χ3n) is 4.59. The molecule has 0 atom stereocenters. The number of carbonyl (C=O) groups is 1. The van der Waals surface area contributed by atoms with Crippen molar-refractivity contribution < 1.29 is 14.3 Å². The molecule has 0 fully saturated rings. The zero-order valence-electron chi connectivity index (χ0n) is 16.1. The molecular formula is C21H18N2O4S2. The number of hydrogen-bond acceptors (Lipinski definition) is 7. The molecule has 0 aliphatic carbocycles. The molecule has 4 rings (SSSR count). The molecule has 8 heteroatoms. The van der Waals surface area contributed by atoms with Gasteiger partial charge in [-0.3, -0.25) is 14.2 Å². The van der Waals surface area contributed by atoms with E-state index in [9.17, 15) is 9.59 Å². The second-order valence-electron chi connectivity index (χ2n) is 6.41. The average molecular weight is 427 g/mol. The number of aryl methyl sites for hydroxylation is 1. The number of ketones is 1. The Kier molecular flexibility index (Phi) is 5.21. The van der Waals surface area contributed by atoms with E-state index in [-0.39, 0.29) is 17.9 Å². The molecule has 148 valence electrons. The van der Waals surface area contributed by atoms with Crippen molar-refractivity contribution in [3.8, 4) is 21.9 Å². The number of hydrogen-bond donors (Lipinski definition) is 0. The van der Waals surface area contributed by atoms with Crippen LogP contribution < -0.4 is 15.0 Å². The van der Waals surface area contributed by atoms with Crippen molar-refractivity contribution in [3.63, 3.8) is 0 Å². The van der Waals surface area contributed by atoms with E-state index in [1.807, 2.05) is 24.4 Å². The van der Waals surface area contributed by atoms with Crippen LogP contribution >= 0.6 is 22.7 Å². The van der Waals surface area contributed by atoms with Crippen molar-refractivity contribution in [2.75, 3.05) is 14.2 Å². The SMILES string of the molecule is COc1ccc(OC)c(C(=O)Cn2cnc3scc(-c4ccc(C)s4)c3c2=O)c1. The second-order valence-corrected chi connectivity index (χ2v) is 8.55. The van der Waals surface area contributed by atoms with Gasteiger partial charge in [0.15, 0.2) is 5.78 Å². The van der Waals surface area contributed by atoms with E-state index in [0.29, 0.717) is 27.3 Å². The predicted octanol–water partition coefficient (Wildman–Crippen LogP) is 4.40. The zero-order valence-corrected chi connectivity index (χ0v) is 17.7. The Morgan fingerprint density at radius 1 is 1.17 bits per heavy atom. The Bertz CT molecular complexity index is 1270. The van der Waals surface area contributed by atoms with Gasteiger partial charge >= 0.3 is 0 Å². The lowest BCUT2D eigenvalue weighted by Crippen LogP contribution is -2.24. The highest BCUT2D eigenvalue weighted by atomic mass is 32.1. The predicted molar refractivity (Wildman–Crippen MR) is 116 cm³/mol. The first-order valence-corrected chi connectivity index (χ1v) is 10.5. The van der Waals surface area contributed by atoms with Gasteiger partial charge in [-0.25, -0.2) is 4.98 Å². The summed E-state index contributed by atoms with van der Waals surface area (Å²) in [6.45, 7) is 1.89. The third-order valence-corrected chi connectivity index (χ3v) is 6.51. The summed E-state index contributed by atoms with van der Waals surface area (Å²) in [7, 11) is 3.03. The van der Waals surface area contributed by atoms with Crippen LogP contribution in [0.15, 0.2) is 46.8 Å². The van der Waals surface area contributed by atoms with Crippen LogP contribution in [0.3, 0.4) is 0 Å². The second kappa shape index (κ2) is 7.81. The van der Waals surface area contributed by atoms with E-state index < -0.39 is 0 Å². The molecule has 3 heterocycles. The first-order chi connectivity index (χ1) is 14.0. The minimum absolute atomic E-state index is 0.135. The van der Waals surface area contributed by atoms with Crippen LogP contribution in [-0.2, 0) is 6.54 Å². The maximum atomic E-state index is 13.2. The molecule has 4 aromatic rings. The van der Waals surface area contributed by atoms with Crippen LogP contribution in [0.2, 0.25) is 0 Å². The Balaban J connectivity index is 1.75. The average Bonchev–Trinajstić information content (AvgIpc) is 3.35. The van der Waals surface area contributed by atoms with Gasteiger partial charge in [0, 0.05) is 20.7 Å². The Morgan fingerprint density at radius 2 is 2.00 bits per heavy atom. The van der Waals surface area contributed by atoms with Gasteiger partial charge in [-0.2, -0.15) is 0 Å². The summed E-state index contributed by atoms with van der Waals surface area (Å²) in [5.41, 5.74) is 0.993. The highest BCUT2D eigenvalue weighted by molar-refractivity contribution is 7.19. The number of rotatable bonds is 6. The van der Waals surface area contributed by atoms with Gasteiger partial charge in [-0.15, -0.1) is 22.7 Å². The molecule has 0 amide bonds. The topological polar surface area (TPSA) is 70.4 Å². The molecule has 0 unspecified atom stereocenters. The molecule has 3 aromatic heterocycles. The van der Waals surface area contributed by atoms with Crippen molar-refractivity contribution in [1.29, 1.82) is 0 Å². The van der Waals surface area contributed by atoms with Crippen LogP contribution in [-0.4, -0.2) is 29.6 Å². The Labute approximate surface area is 175 Å². The number of nitrogens with zero attached hydrogens (tertiary/aromatic N) is 2. The van der Waals surface area contributed by atoms with Crippen molar-refractivity contribution in [2.45, 2.75) is 13.5 Å². The molecule has 0 aliphatic heterocycles. The van der Waals surface area contributed by atoms with E-state index in [1.165, 1.54) is 41.3 Å². The Morgan fingerprint density at radius 3 is 2.69 bits per heavy atom. The molecule has 0 aliphatic rings. The fraction of sp³-hybridized carbons (Fsp3) is 0.190. The molecule has 1 aromatic carbocycles. The number of thiophene rings is 2. The summed E-state index contributed by atoms with van der Waals surface area (Å²) in [6, 6.07) is 9.03. The number of fused-ring (bicyclic) bond motifs is 1. The highest BCUT2D eigenvalue weighted by Crippen LogP contribution is 2.35. The van der Waals surface area contributed by atoms with Gasteiger partial charge in [-0.05, 0) is 37.3 Å². The molecule has 0 spiro atoms. The first-order valence-electron chi connectivity index (χ1n) is 8.80. The molecule has 6 nitrogen and oxygen atoms in total. The van der Waals surface area contributed by atoms with Crippen LogP contribution in [0.1, 0.15) is 15.2 Å².